The summed E-state index contributed by atoms with van der Waals surface area (Å²) >= 11 is 0. The lowest BCUT2D eigenvalue weighted by Crippen LogP contribution is -2.52. The van der Waals surface area contributed by atoms with Crippen molar-refractivity contribution in [1.82, 2.24) is 0 Å². The fourth-order valence-electron chi connectivity index (χ4n) is 3.77. The molecule has 0 radical (unpaired) electrons. The lowest BCUT2D eigenvalue weighted by Gasteiger charge is -2.29. The Kier molecular flexibility index (Phi) is 23.4. The standard InChI is InChI=1S/C18H34O2.C9H14O9/c1-2-3-4-5-6-7-8-9-10-11-12-13-14-15-16-17-18(19)20;10-3-4(11)1-5(7(14)15)9(18,8(16)17)2-6(12)13/h9-10H,2-8,11-17H2,1H3,(H,19,20);4-5,10-11,18H,1-3H2,(H,12,13)(H,14,15)(H,16,17)/b10-9-;. The van der Waals surface area contributed by atoms with Crippen LogP contribution >= 0.6 is 0 Å². The molecule has 11 nitrogen and oxygen atoms in total. The summed E-state index contributed by atoms with van der Waals surface area (Å²) in [6.45, 7) is 1.42. The summed E-state index contributed by atoms with van der Waals surface area (Å²) in [7, 11) is 0. The van der Waals surface area contributed by atoms with Crippen LogP contribution in [0.4, 0.5) is 0 Å². The average Bonchev–Trinajstić information content (AvgIpc) is 2.84. The van der Waals surface area contributed by atoms with Crippen LogP contribution in [-0.2, 0) is 19.2 Å². The van der Waals surface area contributed by atoms with Gasteiger partial charge in [0.2, 0.25) is 0 Å². The minimum Gasteiger partial charge on any atom is -0.481 e. The molecule has 7 N–H and O–H groups in total. The summed E-state index contributed by atoms with van der Waals surface area (Å²) in [5.74, 6) is -8.24. The second-order valence-electron chi connectivity index (χ2n) is 9.49. The van der Waals surface area contributed by atoms with Gasteiger partial charge in [-0.05, 0) is 38.5 Å². The summed E-state index contributed by atoms with van der Waals surface area (Å²) in [4.78, 5) is 42.5. The molecule has 0 saturated heterocycles. The van der Waals surface area contributed by atoms with Crippen molar-refractivity contribution < 1.29 is 54.9 Å². The molecule has 0 aromatic rings. The fourth-order valence-corrected chi connectivity index (χ4v) is 3.77. The van der Waals surface area contributed by atoms with Crippen LogP contribution in [0.1, 0.15) is 110 Å². The number of carboxylic acid groups (broad SMARTS) is 4. The third kappa shape index (κ3) is 20.5. The molecule has 38 heavy (non-hydrogen) atoms. The van der Waals surface area contributed by atoms with Gasteiger partial charge in [-0.2, -0.15) is 0 Å². The number of carbonyl (C=O) groups is 4. The van der Waals surface area contributed by atoms with Gasteiger partial charge < -0.3 is 35.7 Å². The predicted molar refractivity (Wildman–Crippen MR) is 141 cm³/mol. The van der Waals surface area contributed by atoms with E-state index in [1.54, 1.807) is 0 Å². The maximum Gasteiger partial charge on any atom is 0.337 e. The number of aliphatic hydroxyl groups excluding tert-OH is 2. The first-order chi connectivity index (χ1) is 17.9. The second kappa shape index (κ2) is 23.6. The highest BCUT2D eigenvalue weighted by Crippen LogP contribution is 2.27. The molecule has 3 unspecified atom stereocenters. The molecular weight excluding hydrogens is 500 g/mol. The SMILES string of the molecule is CCCCCCCC/C=C\CCCCCCCC(=O)O.O=C(O)CC(O)(C(=O)O)C(CC(O)CO)C(=O)O. The van der Waals surface area contributed by atoms with Crippen molar-refractivity contribution in [3.63, 3.8) is 0 Å². The van der Waals surface area contributed by atoms with Gasteiger partial charge in [-0.15, -0.1) is 0 Å². The van der Waals surface area contributed by atoms with Crippen LogP contribution in [0.3, 0.4) is 0 Å². The Bertz CT molecular complexity index is 693. The maximum atomic E-state index is 10.9. The lowest BCUT2D eigenvalue weighted by molar-refractivity contribution is -0.181. The van der Waals surface area contributed by atoms with Crippen LogP contribution in [0, 0.1) is 5.92 Å². The molecule has 222 valence electrons. The monoisotopic (exact) mass is 548 g/mol. The summed E-state index contributed by atoms with van der Waals surface area (Å²) in [5, 5.41) is 61.9. The van der Waals surface area contributed by atoms with Crippen LogP contribution in [-0.4, -0.2) is 77.9 Å². The topological polar surface area (TPSA) is 210 Å². The second-order valence-corrected chi connectivity index (χ2v) is 9.49. The largest absolute Gasteiger partial charge is 0.481 e. The Hall–Kier alpha value is -2.50. The number of hydrogen-bond acceptors (Lipinski definition) is 7. The zero-order valence-corrected chi connectivity index (χ0v) is 22.6. The lowest BCUT2D eigenvalue weighted by atomic mass is 9.81. The van der Waals surface area contributed by atoms with Gasteiger partial charge in [0.1, 0.15) is 0 Å². The molecule has 0 aromatic carbocycles. The molecule has 0 rings (SSSR count). The molecule has 0 aliphatic carbocycles. The minimum atomic E-state index is -3.06. The summed E-state index contributed by atoms with van der Waals surface area (Å²) in [6.07, 6.45) is 17.5. The minimum absolute atomic E-state index is 0.332. The first-order valence-corrected chi connectivity index (χ1v) is 13.5. The van der Waals surface area contributed by atoms with Crippen molar-refractivity contribution in [2.45, 2.75) is 121 Å². The Balaban J connectivity index is 0. The normalized spacial score (nSPS) is 14.2. The molecule has 0 saturated carbocycles. The molecule has 11 heteroatoms. The highest BCUT2D eigenvalue weighted by atomic mass is 16.4. The third-order valence-electron chi connectivity index (χ3n) is 6.04. The summed E-state index contributed by atoms with van der Waals surface area (Å²) < 4.78 is 0. The van der Waals surface area contributed by atoms with Crippen LogP contribution in [0.25, 0.3) is 0 Å². The van der Waals surface area contributed by atoms with E-state index in [9.17, 15) is 24.3 Å². The number of allylic oxidation sites excluding steroid dienone is 2. The van der Waals surface area contributed by atoms with Crippen molar-refractivity contribution in [1.29, 1.82) is 0 Å². The van der Waals surface area contributed by atoms with Crippen LogP contribution in [0.2, 0.25) is 0 Å². The van der Waals surface area contributed by atoms with E-state index in [-0.39, 0.29) is 0 Å². The first kappa shape index (κ1) is 37.7. The number of hydrogen-bond donors (Lipinski definition) is 7. The van der Waals surface area contributed by atoms with E-state index in [2.05, 4.69) is 19.1 Å². The molecule has 0 aromatic heterocycles. The Morgan fingerprint density at radius 2 is 1.21 bits per heavy atom. The van der Waals surface area contributed by atoms with Crippen LogP contribution in [0.5, 0.6) is 0 Å². The highest BCUT2D eigenvalue weighted by molar-refractivity contribution is 5.89. The van der Waals surface area contributed by atoms with Gasteiger partial charge in [0.15, 0.2) is 5.60 Å². The smallest absolute Gasteiger partial charge is 0.337 e. The number of aliphatic carboxylic acids is 4. The first-order valence-electron chi connectivity index (χ1n) is 13.5. The van der Waals surface area contributed by atoms with E-state index >= 15 is 0 Å². The molecule has 0 heterocycles. The Morgan fingerprint density at radius 3 is 1.61 bits per heavy atom. The van der Waals surface area contributed by atoms with Crippen molar-refractivity contribution in [2.75, 3.05) is 6.61 Å². The molecule has 0 bridgehead atoms. The quantitative estimate of drug-likeness (QED) is 0.0720. The number of unbranched alkanes of at least 4 members (excludes halogenated alkanes) is 11. The fraction of sp³-hybridized carbons (Fsp3) is 0.778. The van der Waals surface area contributed by atoms with Crippen molar-refractivity contribution in [2.24, 2.45) is 5.92 Å². The molecular formula is C27H48O11. The third-order valence-corrected chi connectivity index (χ3v) is 6.04. The average molecular weight is 549 g/mol. The van der Waals surface area contributed by atoms with Crippen molar-refractivity contribution in [3.05, 3.63) is 12.2 Å². The molecule has 0 spiro atoms. The van der Waals surface area contributed by atoms with E-state index < -0.39 is 60.9 Å². The van der Waals surface area contributed by atoms with Crippen LogP contribution < -0.4 is 0 Å². The number of aliphatic hydroxyl groups is 3. The zero-order valence-electron chi connectivity index (χ0n) is 22.6. The molecule has 0 aliphatic rings. The van der Waals surface area contributed by atoms with E-state index in [0.29, 0.717) is 6.42 Å². The van der Waals surface area contributed by atoms with Gasteiger partial charge in [-0.1, -0.05) is 70.4 Å². The van der Waals surface area contributed by atoms with Gasteiger partial charge in [-0.25, -0.2) is 4.79 Å². The summed E-state index contributed by atoms with van der Waals surface area (Å²) in [5.41, 5.74) is -3.06. The molecule has 0 fully saturated rings. The van der Waals surface area contributed by atoms with Crippen molar-refractivity contribution in [3.8, 4) is 0 Å². The van der Waals surface area contributed by atoms with Gasteiger partial charge >= 0.3 is 23.9 Å². The maximum absolute atomic E-state index is 10.9. The highest BCUT2D eigenvalue weighted by Gasteiger charge is 2.50. The van der Waals surface area contributed by atoms with Gasteiger partial charge in [0.05, 0.1) is 25.0 Å². The Labute approximate surface area is 225 Å². The Morgan fingerprint density at radius 1 is 0.737 bits per heavy atom. The van der Waals surface area contributed by atoms with Gasteiger partial charge in [0.25, 0.3) is 0 Å². The van der Waals surface area contributed by atoms with E-state index in [1.165, 1.54) is 70.6 Å². The van der Waals surface area contributed by atoms with Gasteiger partial charge in [-0.3, -0.25) is 14.4 Å². The molecule has 3 atom stereocenters. The number of rotatable bonds is 23. The predicted octanol–water partition coefficient (Wildman–Crippen LogP) is 3.83. The van der Waals surface area contributed by atoms with E-state index in [4.69, 9.17) is 30.6 Å². The van der Waals surface area contributed by atoms with E-state index in [1.807, 2.05) is 0 Å². The van der Waals surface area contributed by atoms with Crippen LogP contribution in [0.15, 0.2) is 12.2 Å². The summed E-state index contributed by atoms with van der Waals surface area (Å²) in [6, 6.07) is 0. The molecule has 0 amide bonds. The number of carboxylic acids is 4. The van der Waals surface area contributed by atoms with Crippen molar-refractivity contribution >= 4 is 23.9 Å². The zero-order chi connectivity index (χ0) is 29.4. The van der Waals surface area contributed by atoms with E-state index in [0.717, 1.165) is 12.8 Å². The van der Waals surface area contributed by atoms with Gasteiger partial charge in [0, 0.05) is 6.42 Å². The molecule has 0 aliphatic heterocycles.